The van der Waals surface area contributed by atoms with Gasteiger partial charge in [-0.05, 0) is 49.2 Å². The summed E-state index contributed by atoms with van der Waals surface area (Å²) >= 11 is 1.21. The lowest BCUT2D eigenvalue weighted by Crippen LogP contribution is -2.03. The molecule has 0 amide bonds. The highest BCUT2D eigenvalue weighted by Crippen LogP contribution is 2.28. The van der Waals surface area contributed by atoms with Crippen molar-refractivity contribution in [1.29, 1.82) is 5.26 Å². The summed E-state index contributed by atoms with van der Waals surface area (Å²) in [5, 5.41) is 26.2. The Morgan fingerprint density at radius 2 is 1.97 bits per heavy atom. The molecule has 158 valence electrons. The Morgan fingerprint density at radius 3 is 2.66 bits per heavy atom. The summed E-state index contributed by atoms with van der Waals surface area (Å²) in [6, 6.07) is 13.6. The Kier molecular flexibility index (Phi) is 5.54. The largest absolute Gasteiger partial charge is 0.422 e. The van der Waals surface area contributed by atoms with Crippen LogP contribution in [-0.4, -0.2) is 9.91 Å². The summed E-state index contributed by atoms with van der Waals surface area (Å²) in [4.78, 5) is 27.4. The summed E-state index contributed by atoms with van der Waals surface area (Å²) in [5.74, 6) is 0. The Hall–Kier alpha value is -4.29. The van der Waals surface area contributed by atoms with Gasteiger partial charge in [0.2, 0.25) is 0 Å². The van der Waals surface area contributed by atoms with E-state index in [1.807, 2.05) is 26.0 Å². The maximum atomic E-state index is 12.4. The van der Waals surface area contributed by atoms with Gasteiger partial charge < -0.3 is 9.73 Å². The number of nitro benzene ring substituents is 1. The smallest absolute Gasteiger partial charge is 0.345 e. The molecular formula is C23H16N4O4S. The first-order chi connectivity index (χ1) is 15.3. The van der Waals surface area contributed by atoms with Gasteiger partial charge in [0.25, 0.3) is 5.69 Å². The second kappa shape index (κ2) is 8.45. The van der Waals surface area contributed by atoms with Gasteiger partial charge in [-0.15, -0.1) is 11.3 Å². The van der Waals surface area contributed by atoms with E-state index in [1.165, 1.54) is 35.6 Å². The summed E-state index contributed by atoms with van der Waals surface area (Å²) in [6.07, 6.45) is 1.57. The van der Waals surface area contributed by atoms with Gasteiger partial charge in [0.1, 0.15) is 22.2 Å². The molecule has 9 heteroatoms. The third kappa shape index (κ3) is 4.26. The van der Waals surface area contributed by atoms with Gasteiger partial charge in [-0.2, -0.15) is 5.26 Å². The van der Waals surface area contributed by atoms with Crippen molar-refractivity contribution in [2.45, 2.75) is 13.8 Å². The molecule has 0 aliphatic carbocycles. The zero-order chi connectivity index (χ0) is 22.8. The number of nitrogens with zero attached hydrogens (tertiary/aromatic N) is 3. The minimum absolute atomic E-state index is 0.108. The molecule has 4 aromatic rings. The van der Waals surface area contributed by atoms with E-state index >= 15 is 0 Å². The second-order valence-corrected chi connectivity index (χ2v) is 8.01. The van der Waals surface area contributed by atoms with E-state index in [0.29, 0.717) is 21.7 Å². The van der Waals surface area contributed by atoms with Crippen LogP contribution in [0.5, 0.6) is 0 Å². The minimum Gasteiger partial charge on any atom is -0.422 e. The number of non-ortho nitro benzene ring substituents is 1. The Labute approximate surface area is 186 Å². The van der Waals surface area contributed by atoms with Gasteiger partial charge in [0.05, 0.1) is 16.2 Å². The third-order valence-corrected chi connectivity index (χ3v) is 5.54. The van der Waals surface area contributed by atoms with E-state index in [-0.39, 0.29) is 16.8 Å². The lowest BCUT2D eigenvalue weighted by molar-refractivity contribution is -0.384. The molecule has 0 aliphatic rings. The van der Waals surface area contributed by atoms with Crippen molar-refractivity contribution in [1.82, 2.24) is 4.98 Å². The van der Waals surface area contributed by atoms with Crippen molar-refractivity contribution in [2.24, 2.45) is 0 Å². The highest BCUT2D eigenvalue weighted by molar-refractivity contribution is 7.11. The third-order valence-electron chi connectivity index (χ3n) is 4.66. The predicted molar refractivity (Wildman–Crippen MR) is 123 cm³/mol. The standard InChI is InChI=1S/C23H16N4O4S/c1-13-5-14(2)7-17(6-13)25-11-16(10-24)22-26-20(12-32-22)19-9-15-8-18(27(29)30)3-4-21(15)31-23(19)28/h3-9,11-12,25H,1-2H3/b16-11-. The molecule has 0 unspecified atom stereocenters. The molecule has 0 spiro atoms. The molecule has 2 aromatic carbocycles. The molecule has 1 N–H and O–H groups in total. The highest BCUT2D eigenvalue weighted by atomic mass is 32.1. The van der Waals surface area contributed by atoms with E-state index < -0.39 is 10.5 Å². The van der Waals surface area contributed by atoms with Gasteiger partial charge in [0, 0.05) is 34.8 Å². The number of benzene rings is 2. The monoisotopic (exact) mass is 444 g/mol. The molecule has 0 aliphatic heterocycles. The Bertz CT molecular complexity index is 1470. The number of thiazole rings is 1. The van der Waals surface area contributed by atoms with Gasteiger partial charge in [0.15, 0.2) is 0 Å². The Morgan fingerprint density at radius 1 is 1.22 bits per heavy atom. The molecular weight excluding hydrogens is 428 g/mol. The first-order valence-electron chi connectivity index (χ1n) is 9.48. The molecule has 8 nitrogen and oxygen atoms in total. The number of rotatable bonds is 5. The predicted octanol–water partition coefficient (Wildman–Crippen LogP) is 5.42. The van der Waals surface area contributed by atoms with Crippen LogP contribution in [0.2, 0.25) is 0 Å². The lowest BCUT2D eigenvalue weighted by atomic mass is 10.1. The lowest BCUT2D eigenvalue weighted by Gasteiger charge is -2.05. The zero-order valence-electron chi connectivity index (χ0n) is 17.1. The van der Waals surface area contributed by atoms with E-state index in [0.717, 1.165) is 16.8 Å². The van der Waals surface area contributed by atoms with Crippen LogP contribution in [0.15, 0.2) is 63.3 Å². The van der Waals surface area contributed by atoms with E-state index in [1.54, 1.807) is 11.6 Å². The number of nitrogens with one attached hydrogen (secondary N) is 1. The molecule has 32 heavy (non-hydrogen) atoms. The van der Waals surface area contributed by atoms with Gasteiger partial charge in [-0.1, -0.05) is 6.07 Å². The van der Waals surface area contributed by atoms with E-state index in [9.17, 15) is 20.2 Å². The number of anilines is 1. The topological polar surface area (TPSA) is 122 Å². The van der Waals surface area contributed by atoms with Crippen LogP contribution in [0, 0.1) is 35.3 Å². The van der Waals surface area contributed by atoms with Crippen molar-refractivity contribution in [2.75, 3.05) is 5.32 Å². The molecule has 0 saturated carbocycles. The number of nitriles is 1. The number of nitro groups is 1. The van der Waals surface area contributed by atoms with Gasteiger partial charge in [-0.3, -0.25) is 10.1 Å². The van der Waals surface area contributed by atoms with Crippen molar-refractivity contribution < 1.29 is 9.34 Å². The molecule has 0 saturated heterocycles. The highest BCUT2D eigenvalue weighted by Gasteiger charge is 2.15. The average molecular weight is 444 g/mol. The molecule has 2 aromatic heterocycles. The van der Waals surface area contributed by atoms with Crippen molar-refractivity contribution in [3.63, 3.8) is 0 Å². The second-order valence-electron chi connectivity index (χ2n) is 7.16. The van der Waals surface area contributed by atoms with Crippen LogP contribution in [0.25, 0.3) is 27.8 Å². The van der Waals surface area contributed by atoms with Crippen LogP contribution in [0.1, 0.15) is 16.1 Å². The van der Waals surface area contributed by atoms with Crippen molar-refractivity contribution in [3.05, 3.63) is 90.7 Å². The number of hydrogen-bond acceptors (Lipinski definition) is 8. The molecule has 0 radical (unpaired) electrons. The number of hydrogen-bond donors (Lipinski definition) is 1. The van der Waals surface area contributed by atoms with Crippen LogP contribution >= 0.6 is 11.3 Å². The first-order valence-corrected chi connectivity index (χ1v) is 10.4. The maximum absolute atomic E-state index is 12.4. The van der Waals surface area contributed by atoms with Crippen LogP contribution in [-0.2, 0) is 0 Å². The fourth-order valence-corrected chi connectivity index (χ4v) is 4.06. The van der Waals surface area contributed by atoms with Crippen LogP contribution in [0.4, 0.5) is 11.4 Å². The maximum Gasteiger partial charge on any atom is 0.345 e. The normalized spacial score (nSPS) is 11.3. The van der Waals surface area contributed by atoms with Crippen molar-refractivity contribution >= 4 is 39.3 Å². The number of aromatic nitrogens is 1. The van der Waals surface area contributed by atoms with Gasteiger partial charge >= 0.3 is 5.63 Å². The zero-order valence-corrected chi connectivity index (χ0v) is 17.9. The number of fused-ring (bicyclic) bond motifs is 1. The number of allylic oxidation sites excluding steroid dienone is 1. The Balaban J connectivity index is 1.68. The summed E-state index contributed by atoms with van der Waals surface area (Å²) in [7, 11) is 0. The van der Waals surface area contributed by atoms with Crippen LogP contribution in [0.3, 0.4) is 0 Å². The molecule has 0 bridgehead atoms. The molecule has 0 fully saturated rings. The first kappa shape index (κ1) is 21.0. The summed E-state index contributed by atoms with van der Waals surface area (Å²) in [6.45, 7) is 3.98. The fraction of sp³-hybridized carbons (Fsp3) is 0.0870. The quantitative estimate of drug-likeness (QED) is 0.189. The summed E-state index contributed by atoms with van der Waals surface area (Å²) in [5.41, 5.74) is 3.38. The van der Waals surface area contributed by atoms with Crippen molar-refractivity contribution in [3.8, 4) is 17.3 Å². The van der Waals surface area contributed by atoms with Crippen LogP contribution < -0.4 is 10.9 Å². The van der Waals surface area contributed by atoms with E-state index in [4.69, 9.17) is 4.42 Å². The van der Waals surface area contributed by atoms with E-state index in [2.05, 4.69) is 22.4 Å². The number of aryl methyl sites for hydroxylation is 2. The average Bonchev–Trinajstić information content (AvgIpc) is 3.22. The SMILES string of the molecule is Cc1cc(C)cc(N/C=C(/C#N)c2nc(-c3cc4cc([N+](=O)[O-])ccc4oc3=O)cs2)c1. The molecule has 2 heterocycles. The fourth-order valence-electron chi connectivity index (χ4n) is 3.28. The van der Waals surface area contributed by atoms with Gasteiger partial charge in [-0.25, -0.2) is 9.78 Å². The minimum atomic E-state index is -0.612. The summed E-state index contributed by atoms with van der Waals surface area (Å²) < 4.78 is 5.30. The molecule has 0 atom stereocenters. The molecule has 4 rings (SSSR count).